The summed E-state index contributed by atoms with van der Waals surface area (Å²) in [6, 6.07) is 0.158. The maximum Gasteiger partial charge on any atom is 0.259 e. The highest BCUT2D eigenvalue weighted by atomic mass is 32.2. The lowest BCUT2D eigenvalue weighted by Crippen LogP contribution is -2.37. The minimum absolute atomic E-state index is 0.0208. The van der Waals surface area contributed by atoms with Gasteiger partial charge in [-0.2, -0.15) is 0 Å². The number of rotatable bonds is 9. The van der Waals surface area contributed by atoms with E-state index in [0.29, 0.717) is 29.2 Å². The van der Waals surface area contributed by atoms with Gasteiger partial charge in [0, 0.05) is 10.9 Å². The first kappa shape index (κ1) is 22.0. The molecule has 7 heteroatoms. The van der Waals surface area contributed by atoms with Gasteiger partial charge in [-0.3, -0.25) is 9.59 Å². The van der Waals surface area contributed by atoms with Crippen LogP contribution in [-0.2, 0) is 17.0 Å². The van der Waals surface area contributed by atoms with Crippen molar-refractivity contribution in [2.45, 2.75) is 66.2 Å². The highest BCUT2D eigenvalue weighted by molar-refractivity contribution is 7.99. The van der Waals surface area contributed by atoms with Crippen molar-refractivity contribution in [2.24, 2.45) is 11.8 Å². The zero-order valence-electron chi connectivity index (χ0n) is 17.1. The van der Waals surface area contributed by atoms with E-state index in [-0.39, 0.29) is 17.5 Å². The first-order valence-corrected chi connectivity index (χ1v) is 11.6. The number of hydrogen-bond donors (Lipinski definition) is 2. The Morgan fingerprint density at radius 3 is 2.63 bits per heavy atom. The SMILES string of the molecule is CC[C@@H](C)Cc1c(C)sc2nc(CSCC(=O)N[C@@H](C)C(C)C)[nH]c(=O)c12. The summed E-state index contributed by atoms with van der Waals surface area (Å²) >= 11 is 3.06. The fourth-order valence-electron chi connectivity index (χ4n) is 2.73. The molecule has 2 aromatic heterocycles. The van der Waals surface area contributed by atoms with E-state index < -0.39 is 0 Å². The lowest BCUT2D eigenvalue weighted by Gasteiger charge is -2.17. The molecule has 150 valence electrons. The first-order chi connectivity index (χ1) is 12.7. The largest absolute Gasteiger partial charge is 0.353 e. The Bertz CT molecular complexity index is 842. The van der Waals surface area contributed by atoms with Gasteiger partial charge in [0.05, 0.1) is 16.9 Å². The zero-order chi connectivity index (χ0) is 20.1. The molecule has 2 atom stereocenters. The summed E-state index contributed by atoms with van der Waals surface area (Å²) in [6.45, 7) is 12.6. The Balaban J connectivity index is 2.06. The van der Waals surface area contributed by atoms with E-state index in [1.807, 2.05) is 6.92 Å². The molecule has 0 spiro atoms. The summed E-state index contributed by atoms with van der Waals surface area (Å²) in [4.78, 5) is 34.2. The molecule has 0 saturated heterocycles. The zero-order valence-corrected chi connectivity index (χ0v) is 18.8. The number of H-pyrrole nitrogens is 1. The van der Waals surface area contributed by atoms with Gasteiger partial charge in [0.25, 0.3) is 5.56 Å². The number of nitrogens with one attached hydrogen (secondary N) is 2. The van der Waals surface area contributed by atoms with Crippen molar-refractivity contribution in [2.75, 3.05) is 5.75 Å². The molecule has 0 aromatic carbocycles. The van der Waals surface area contributed by atoms with Crippen LogP contribution in [0.4, 0.5) is 0 Å². The number of carbonyl (C=O) groups is 1. The normalized spacial score (nSPS) is 13.9. The molecular formula is C20H31N3O2S2. The van der Waals surface area contributed by atoms with Crippen molar-refractivity contribution in [3.05, 3.63) is 26.6 Å². The molecule has 0 aliphatic rings. The van der Waals surface area contributed by atoms with Crippen LogP contribution < -0.4 is 10.9 Å². The van der Waals surface area contributed by atoms with Crippen LogP contribution in [0.2, 0.25) is 0 Å². The van der Waals surface area contributed by atoms with Crippen LogP contribution >= 0.6 is 23.1 Å². The molecule has 2 heterocycles. The number of thiophene rings is 1. The van der Waals surface area contributed by atoms with E-state index in [1.54, 1.807) is 11.3 Å². The highest BCUT2D eigenvalue weighted by Crippen LogP contribution is 2.29. The average molecular weight is 410 g/mol. The fraction of sp³-hybridized carbons (Fsp3) is 0.650. The second-order valence-corrected chi connectivity index (χ2v) is 9.83. The molecule has 27 heavy (non-hydrogen) atoms. The Kier molecular flexibility index (Phi) is 7.91. The number of amides is 1. The van der Waals surface area contributed by atoms with Crippen LogP contribution in [0.25, 0.3) is 10.2 Å². The van der Waals surface area contributed by atoms with Gasteiger partial charge in [-0.15, -0.1) is 23.1 Å². The quantitative estimate of drug-likeness (QED) is 0.648. The second-order valence-electron chi connectivity index (χ2n) is 7.64. The maximum atomic E-state index is 12.6. The molecule has 0 unspecified atom stereocenters. The number of aryl methyl sites for hydroxylation is 1. The molecule has 1 amide bonds. The third kappa shape index (κ3) is 5.82. The number of thioether (sulfide) groups is 1. The monoisotopic (exact) mass is 409 g/mol. The second kappa shape index (κ2) is 9.73. The van der Waals surface area contributed by atoms with Crippen LogP contribution in [0.1, 0.15) is 57.3 Å². The van der Waals surface area contributed by atoms with Crippen molar-refractivity contribution < 1.29 is 4.79 Å². The summed E-state index contributed by atoms with van der Waals surface area (Å²) < 4.78 is 0. The van der Waals surface area contributed by atoms with Crippen LogP contribution in [-0.4, -0.2) is 27.7 Å². The van der Waals surface area contributed by atoms with Crippen molar-refractivity contribution >= 4 is 39.2 Å². The molecule has 2 rings (SSSR count). The van der Waals surface area contributed by atoms with Gasteiger partial charge in [0.15, 0.2) is 0 Å². The Morgan fingerprint density at radius 1 is 1.30 bits per heavy atom. The van der Waals surface area contributed by atoms with Gasteiger partial charge in [0.2, 0.25) is 5.91 Å². The summed E-state index contributed by atoms with van der Waals surface area (Å²) in [7, 11) is 0. The average Bonchev–Trinajstić information content (AvgIpc) is 2.90. The number of nitrogens with zero attached hydrogens (tertiary/aromatic N) is 1. The van der Waals surface area contributed by atoms with E-state index >= 15 is 0 Å². The minimum Gasteiger partial charge on any atom is -0.353 e. The minimum atomic E-state index is -0.0591. The van der Waals surface area contributed by atoms with E-state index in [9.17, 15) is 9.59 Å². The van der Waals surface area contributed by atoms with Crippen molar-refractivity contribution in [3.63, 3.8) is 0 Å². The molecule has 2 N–H and O–H groups in total. The third-order valence-electron chi connectivity index (χ3n) is 5.02. The summed E-state index contributed by atoms with van der Waals surface area (Å²) in [5, 5.41) is 3.74. The smallest absolute Gasteiger partial charge is 0.259 e. The lowest BCUT2D eigenvalue weighted by molar-refractivity contribution is -0.119. The fourth-order valence-corrected chi connectivity index (χ4v) is 4.50. The Labute approximate surface area is 169 Å². The lowest BCUT2D eigenvalue weighted by atomic mass is 9.98. The van der Waals surface area contributed by atoms with Crippen LogP contribution in [0.5, 0.6) is 0 Å². The molecule has 0 aliphatic heterocycles. The van der Waals surface area contributed by atoms with Gasteiger partial charge in [-0.25, -0.2) is 4.98 Å². The topological polar surface area (TPSA) is 74.8 Å². The Morgan fingerprint density at radius 2 is 2.00 bits per heavy atom. The number of aromatic nitrogens is 2. The van der Waals surface area contributed by atoms with Crippen molar-refractivity contribution in [1.82, 2.24) is 15.3 Å². The standard InChI is InChI=1S/C20H31N3O2S2/c1-7-12(4)8-15-14(6)27-20-18(15)19(25)22-16(23-20)9-26-10-17(24)21-13(5)11(2)3/h11-13H,7-10H2,1-6H3,(H,21,24)(H,22,23,25)/t12-,13+/m1/s1. The van der Waals surface area contributed by atoms with Crippen LogP contribution in [0.3, 0.4) is 0 Å². The predicted molar refractivity (Wildman–Crippen MR) is 117 cm³/mol. The predicted octanol–water partition coefficient (Wildman–Crippen LogP) is 4.28. The van der Waals surface area contributed by atoms with E-state index in [1.165, 1.54) is 16.6 Å². The third-order valence-corrected chi connectivity index (χ3v) is 7.01. The molecule has 0 bridgehead atoms. The van der Waals surface area contributed by atoms with Crippen molar-refractivity contribution in [3.8, 4) is 0 Å². The van der Waals surface area contributed by atoms with Crippen LogP contribution in [0, 0.1) is 18.8 Å². The number of hydrogen-bond acceptors (Lipinski definition) is 5. The van der Waals surface area contributed by atoms with Crippen molar-refractivity contribution in [1.29, 1.82) is 0 Å². The van der Waals surface area contributed by atoms with Gasteiger partial charge in [0.1, 0.15) is 10.7 Å². The number of fused-ring (bicyclic) bond motifs is 1. The summed E-state index contributed by atoms with van der Waals surface area (Å²) in [5.41, 5.74) is 1.08. The summed E-state index contributed by atoms with van der Waals surface area (Å²) in [6.07, 6.45) is 2.00. The molecule has 0 aliphatic carbocycles. The van der Waals surface area contributed by atoms with Gasteiger partial charge >= 0.3 is 0 Å². The van der Waals surface area contributed by atoms with E-state index in [0.717, 1.165) is 28.6 Å². The molecule has 0 saturated carbocycles. The van der Waals surface area contributed by atoms with Gasteiger partial charge in [-0.05, 0) is 37.7 Å². The van der Waals surface area contributed by atoms with Gasteiger partial charge in [-0.1, -0.05) is 34.1 Å². The Hall–Kier alpha value is -1.34. The molecule has 2 aromatic rings. The molecule has 0 fully saturated rings. The molecular weight excluding hydrogens is 378 g/mol. The molecule has 5 nitrogen and oxygen atoms in total. The van der Waals surface area contributed by atoms with Gasteiger partial charge < -0.3 is 10.3 Å². The summed E-state index contributed by atoms with van der Waals surface area (Å²) in [5.74, 6) is 2.49. The van der Waals surface area contributed by atoms with E-state index in [2.05, 4.69) is 49.9 Å². The number of aromatic amines is 1. The number of carbonyl (C=O) groups excluding carboxylic acids is 1. The molecule has 0 radical (unpaired) electrons. The highest BCUT2D eigenvalue weighted by Gasteiger charge is 2.17. The first-order valence-electron chi connectivity index (χ1n) is 9.61. The van der Waals surface area contributed by atoms with Crippen LogP contribution in [0.15, 0.2) is 4.79 Å². The maximum absolute atomic E-state index is 12.6. The van der Waals surface area contributed by atoms with E-state index in [4.69, 9.17) is 0 Å².